The predicted octanol–water partition coefficient (Wildman–Crippen LogP) is 3.35. The molecule has 0 bridgehead atoms. The van der Waals surface area contributed by atoms with E-state index in [9.17, 15) is 19.2 Å². The van der Waals surface area contributed by atoms with Gasteiger partial charge in [-0.15, -0.1) is 0 Å². The topological polar surface area (TPSA) is 123 Å². The fourth-order valence-electron chi connectivity index (χ4n) is 4.50. The number of hydrogen-bond donors (Lipinski definition) is 2. The molecule has 2 aliphatic rings. The molecule has 4 atom stereocenters. The first-order valence-corrected chi connectivity index (χ1v) is 13.0. The van der Waals surface area contributed by atoms with Gasteiger partial charge in [0.2, 0.25) is 5.78 Å². The van der Waals surface area contributed by atoms with Crippen LogP contribution in [0.4, 0.5) is 9.59 Å². The lowest BCUT2D eigenvalue weighted by Gasteiger charge is -2.26. The first kappa shape index (κ1) is 28.4. The third kappa shape index (κ3) is 7.92. The summed E-state index contributed by atoms with van der Waals surface area (Å²) in [5.74, 6) is -1.48. The number of nitrogens with zero attached hydrogens (tertiary/aromatic N) is 1. The molecule has 1 aromatic rings. The van der Waals surface area contributed by atoms with Crippen molar-refractivity contribution in [3.8, 4) is 0 Å². The molecule has 2 fully saturated rings. The van der Waals surface area contributed by atoms with Gasteiger partial charge in [0.25, 0.3) is 5.91 Å². The van der Waals surface area contributed by atoms with Crippen LogP contribution in [0.2, 0.25) is 0 Å². The Morgan fingerprint density at radius 2 is 1.86 bits per heavy atom. The molecule has 3 amide bonds. The lowest BCUT2D eigenvalue weighted by Crippen LogP contribution is -2.49. The smallest absolute Gasteiger partial charge is 0.410 e. The second-order valence-corrected chi connectivity index (χ2v) is 10.4. The molecule has 0 radical (unpaired) electrons. The van der Waals surface area contributed by atoms with E-state index in [1.165, 1.54) is 4.90 Å². The normalized spacial score (nSPS) is 22.1. The van der Waals surface area contributed by atoms with Crippen LogP contribution < -0.4 is 10.6 Å². The van der Waals surface area contributed by atoms with Crippen molar-refractivity contribution < 1.29 is 33.4 Å². The Kier molecular flexibility index (Phi) is 9.91. The van der Waals surface area contributed by atoms with Gasteiger partial charge in [-0.1, -0.05) is 63.9 Å². The average Bonchev–Trinajstić information content (AvgIpc) is 3.48. The van der Waals surface area contributed by atoms with Crippen molar-refractivity contribution in [1.29, 1.82) is 0 Å². The van der Waals surface area contributed by atoms with Gasteiger partial charge in [-0.05, 0) is 18.9 Å². The van der Waals surface area contributed by atoms with Gasteiger partial charge in [-0.2, -0.15) is 0 Å². The van der Waals surface area contributed by atoms with Crippen LogP contribution in [0.25, 0.3) is 0 Å². The standard InChI is InChI=1S/C27H39N3O7/c1-5-6-12-21(23(31)24(32)28-18(2)19-10-8-7-9-11-19)29-25(33)37-22-15-30(17-27(22,3)4)26(34)36-20-13-14-35-16-20/h7-11,18,20-22H,5-6,12-17H2,1-4H3,(H,28,32)(H,29,33)/t18-,20+,21+,22-/m1/s1. The number of benzene rings is 1. The Morgan fingerprint density at radius 1 is 1.14 bits per heavy atom. The molecule has 2 N–H and O–H groups in total. The second kappa shape index (κ2) is 12.9. The van der Waals surface area contributed by atoms with E-state index in [2.05, 4.69) is 10.6 Å². The number of ether oxygens (including phenoxy) is 3. The zero-order chi connectivity index (χ0) is 27.0. The molecule has 0 aromatic heterocycles. The highest BCUT2D eigenvalue weighted by molar-refractivity contribution is 6.38. The molecule has 10 nitrogen and oxygen atoms in total. The molecule has 0 saturated carbocycles. The van der Waals surface area contributed by atoms with Crippen molar-refractivity contribution in [3.63, 3.8) is 0 Å². The van der Waals surface area contributed by atoms with Crippen LogP contribution in [0.1, 0.15) is 65.0 Å². The van der Waals surface area contributed by atoms with E-state index >= 15 is 0 Å². The highest BCUT2D eigenvalue weighted by Gasteiger charge is 2.45. The van der Waals surface area contributed by atoms with Crippen molar-refractivity contribution >= 4 is 23.9 Å². The molecule has 204 valence electrons. The molecule has 3 rings (SSSR count). The minimum Gasteiger partial charge on any atom is -0.444 e. The number of unbranched alkanes of at least 4 members (excludes halogenated alkanes) is 1. The van der Waals surface area contributed by atoms with Crippen molar-refractivity contribution in [1.82, 2.24) is 15.5 Å². The maximum Gasteiger partial charge on any atom is 0.410 e. The summed E-state index contributed by atoms with van der Waals surface area (Å²) in [6.07, 6.45) is 0.294. The number of hydrogen-bond acceptors (Lipinski definition) is 7. The molecule has 1 aromatic carbocycles. The Balaban J connectivity index is 1.56. The summed E-state index contributed by atoms with van der Waals surface area (Å²) in [5, 5.41) is 5.30. The molecule has 0 unspecified atom stereocenters. The summed E-state index contributed by atoms with van der Waals surface area (Å²) in [7, 11) is 0. The molecular formula is C27H39N3O7. The van der Waals surface area contributed by atoms with Gasteiger partial charge in [-0.3, -0.25) is 9.59 Å². The van der Waals surface area contributed by atoms with E-state index in [1.54, 1.807) is 6.92 Å². The number of alkyl carbamates (subject to hydrolysis) is 1. The fraction of sp³-hybridized carbons (Fsp3) is 0.630. The summed E-state index contributed by atoms with van der Waals surface area (Å²) in [6, 6.07) is 7.94. The van der Waals surface area contributed by atoms with Gasteiger partial charge in [0.1, 0.15) is 18.2 Å². The Hall–Kier alpha value is -3.14. The number of Topliss-reactive ketones (excluding diaryl/α,β-unsaturated/α-hetero) is 1. The van der Waals surface area contributed by atoms with Crippen LogP contribution in [0, 0.1) is 5.41 Å². The van der Waals surface area contributed by atoms with E-state index in [0.717, 1.165) is 12.0 Å². The zero-order valence-corrected chi connectivity index (χ0v) is 22.2. The summed E-state index contributed by atoms with van der Waals surface area (Å²) < 4.78 is 16.4. The van der Waals surface area contributed by atoms with Crippen LogP contribution >= 0.6 is 0 Å². The quantitative estimate of drug-likeness (QED) is 0.456. The monoisotopic (exact) mass is 517 g/mol. The SMILES string of the molecule is CCCC[C@H](NC(=O)O[C@@H]1CN(C(=O)O[C@H]2CCOC2)CC1(C)C)C(=O)C(=O)N[C@H](C)c1ccccc1. The van der Waals surface area contributed by atoms with Crippen LogP contribution in [-0.2, 0) is 23.8 Å². The summed E-state index contributed by atoms with van der Waals surface area (Å²) in [4.78, 5) is 52.6. The van der Waals surface area contributed by atoms with Crippen LogP contribution in [0.3, 0.4) is 0 Å². The predicted molar refractivity (Wildman–Crippen MR) is 136 cm³/mol. The third-order valence-corrected chi connectivity index (χ3v) is 6.84. The number of likely N-dealkylation sites (tertiary alicyclic amines) is 1. The Labute approximate surface area is 218 Å². The van der Waals surface area contributed by atoms with E-state index in [0.29, 0.717) is 39.0 Å². The van der Waals surface area contributed by atoms with Gasteiger partial charge in [0.05, 0.1) is 25.8 Å². The largest absolute Gasteiger partial charge is 0.444 e. The van der Waals surface area contributed by atoms with E-state index in [1.807, 2.05) is 51.1 Å². The lowest BCUT2D eigenvalue weighted by molar-refractivity contribution is -0.139. The van der Waals surface area contributed by atoms with Crippen molar-refractivity contribution in [3.05, 3.63) is 35.9 Å². The number of amides is 3. The number of carbonyl (C=O) groups excluding carboxylic acids is 4. The summed E-state index contributed by atoms with van der Waals surface area (Å²) in [6.45, 7) is 9.04. The third-order valence-electron chi connectivity index (χ3n) is 6.84. The maximum atomic E-state index is 13.0. The van der Waals surface area contributed by atoms with E-state index < -0.39 is 41.4 Å². The molecule has 2 saturated heterocycles. The first-order valence-electron chi connectivity index (χ1n) is 13.0. The van der Waals surface area contributed by atoms with Crippen molar-refractivity contribution in [2.75, 3.05) is 26.3 Å². The van der Waals surface area contributed by atoms with Gasteiger partial charge in [0.15, 0.2) is 0 Å². The fourth-order valence-corrected chi connectivity index (χ4v) is 4.50. The summed E-state index contributed by atoms with van der Waals surface area (Å²) in [5.41, 5.74) is 0.349. The molecule has 37 heavy (non-hydrogen) atoms. The molecule has 2 heterocycles. The highest BCUT2D eigenvalue weighted by Crippen LogP contribution is 2.33. The number of nitrogens with one attached hydrogen (secondary N) is 2. The molecule has 0 aliphatic carbocycles. The first-order chi connectivity index (χ1) is 17.6. The summed E-state index contributed by atoms with van der Waals surface area (Å²) >= 11 is 0. The number of ketones is 1. The molecule has 10 heteroatoms. The molecule has 2 aliphatic heterocycles. The van der Waals surface area contributed by atoms with E-state index in [-0.39, 0.29) is 18.7 Å². The lowest BCUT2D eigenvalue weighted by atomic mass is 9.90. The van der Waals surface area contributed by atoms with Gasteiger partial charge in [0, 0.05) is 18.4 Å². The minimum absolute atomic E-state index is 0.176. The number of rotatable bonds is 10. The molecular weight excluding hydrogens is 478 g/mol. The second-order valence-electron chi connectivity index (χ2n) is 10.4. The zero-order valence-electron chi connectivity index (χ0n) is 22.2. The average molecular weight is 518 g/mol. The Bertz CT molecular complexity index is 947. The van der Waals surface area contributed by atoms with Crippen LogP contribution in [0.15, 0.2) is 30.3 Å². The van der Waals surface area contributed by atoms with Gasteiger partial charge >= 0.3 is 12.2 Å². The number of carbonyl (C=O) groups is 4. The van der Waals surface area contributed by atoms with Gasteiger partial charge < -0.3 is 29.7 Å². The maximum absolute atomic E-state index is 13.0. The highest BCUT2D eigenvalue weighted by atomic mass is 16.6. The van der Waals surface area contributed by atoms with Gasteiger partial charge in [-0.25, -0.2) is 9.59 Å². The van der Waals surface area contributed by atoms with Crippen LogP contribution in [0.5, 0.6) is 0 Å². The molecule has 0 spiro atoms. The van der Waals surface area contributed by atoms with Crippen LogP contribution in [-0.4, -0.2) is 73.3 Å². The van der Waals surface area contributed by atoms with E-state index in [4.69, 9.17) is 14.2 Å². The van der Waals surface area contributed by atoms with Crippen molar-refractivity contribution in [2.24, 2.45) is 5.41 Å². The minimum atomic E-state index is -1.01. The Morgan fingerprint density at radius 3 is 2.51 bits per heavy atom. The van der Waals surface area contributed by atoms with Crippen molar-refractivity contribution in [2.45, 2.75) is 77.7 Å².